The fourth-order valence-electron chi connectivity index (χ4n) is 3.08. The zero-order valence-electron chi connectivity index (χ0n) is 15.3. The Labute approximate surface area is 145 Å². The molecule has 1 fully saturated rings. The molecule has 1 aliphatic rings. The number of carbonyl (C=O) groups excluding carboxylic acids is 1. The molecular weight excluding hydrogens is 302 g/mol. The van der Waals surface area contributed by atoms with Crippen LogP contribution >= 0.6 is 0 Å². The highest BCUT2D eigenvalue weighted by atomic mass is 16.1. The number of nitrogens with one attached hydrogen (secondary N) is 2. The highest BCUT2D eigenvalue weighted by Gasteiger charge is 2.15. The van der Waals surface area contributed by atoms with E-state index in [0.717, 1.165) is 18.8 Å². The molecule has 0 radical (unpaired) electrons. The molecule has 0 spiro atoms. The fraction of sp³-hybridized carbons (Fsp3) is 0.722. The lowest BCUT2D eigenvalue weighted by Gasteiger charge is -2.17. The van der Waals surface area contributed by atoms with Crippen LogP contribution in [0.3, 0.4) is 0 Å². The zero-order valence-corrected chi connectivity index (χ0v) is 15.3. The van der Waals surface area contributed by atoms with Crippen molar-refractivity contribution in [2.75, 3.05) is 32.5 Å². The molecule has 1 aromatic heterocycles. The molecule has 1 saturated carbocycles. The molecule has 1 aromatic rings. The van der Waals surface area contributed by atoms with Crippen LogP contribution in [0.4, 0.5) is 5.82 Å². The van der Waals surface area contributed by atoms with Crippen molar-refractivity contribution in [1.29, 1.82) is 0 Å². The number of amides is 1. The van der Waals surface area contributed by atoms with Gasteiger partial charge < -0.3 is 15.5 Å². The van der Waals surface area contributed by atoms with E-state index in [1.807, 2.05) is 21.0 Å². The van der Waals surface area contributed by atoms with E-state index in [1.165, 1.54) is 38.5 Å². The molecule has 6 heteroatoms. The monoisotopic (exact) mass is 333 g/mol. The van der Waals surface area contributed by atoms with E-state index in [-0.39, 0.29) is 5.91 Å². The molecular formula is C18H31N5O. The summed E-state index contributed by atoms with van der Waals surface area (Å²) in [6.45, 7) is 3.45. The average Bonchev–Trinajstić information content (AvgIpc) is 2.79. The van der Waals surface area contributed by atoms with Crippen LogP contribution in [-0.4, -0.2) is 54.0 Å². The largest absolute Gasteiger partial charge is 0.367 e. The Hall–Kier alpha value is -1.69. The summed E-state index contributed by atoms with van der Waals surface area (Å²) in [4.78, 5) is 23.1. The predicted molar refractivity (Wildman–Crippen MR) is 97.4 cm³/mol. The third kappa shape index (κ3) is 6.43. The number of anilines is 1. The normalized spacial score (nSPS) is 16.0. The Morgan fingerprint density at radius 3 is 2.58 bits per heavy atom. The number of hydrogen-bond donors (Lipinski definition) is 2. The first kappa shape index (κ1) is 18.6. The number of rotatable bonds is 7. The highest BCUT2D eigenvalue weighted by Crippen LogP contribution is 2.20. The highest BCUT2D eigenvalue weighted by molar-refractivity contribution is 5.92. The van der Waals surface area contributed by atoms with Crippen molar-refractivity contribution in [2.24, 2.45) is 0 Å². The van der Waals surface area contributed by atoms with E-state index < -0.39 is 0 Å². The predicted octanol–water partition coefficient (Wildman–Crippen LogP) is 2.60. The number of hydrogen-bond acceptors (Lipinski definition) is 5. The van der Waals surface area contributed by atoms with Gasteiger partial charge in [0.25, 0.3) is 5.91 Å². The first-order valence-corrected chi connectivity index (χ1v) is 9.10. The van der Waals surface area contributed by atoms with Crippen LogP contribution in [0.2, 0.25) is 0 Å². The lowest BCUT2D eigenvalue weighted by molar-refractivity contribution is 0.0947. The van der Waals surface area contributed by atoms with E-state index in [1.54, 1.807) is 6.07 Å². The third-order valence-electron chi connectivity index (χ3n) is 4.35. The van der Waals surface area contributed by atoms with Gasteiger partial charge in [-0.05, 0) is 46.8 Å². The van der Waals surface area contributed by atoms with Crippen molar-refractivity contribution in [3.63, 3.8) is 0 Å². The van der Waals surface area contributed by atoms with Gasteiger partial charge in [0.15, 0.2) is 0 Å². The molecule has 24 heavy (non-hydrogen) atoms. The van der Waals surface area contributed by atoms with Crippen molar-refractivity contribution < 1.29 is 4.79 Å². The maximum absolute atomic E-state index is 12.3. The summed E-state index contributed by atoms with van der Waals surface area (Å²) in [5.41, 5.74) is 0.448. The van der Waals surface area contributed by atoms with E-state index in [9.17, 15) is 4.79 Å². The number of aromatic nitrogens is 2. The molecule has 1 aliphatic carbocycles. The molecule has 6 nitrogen and oxygen atoms in total. The summed E-state index contributed by atoms with van der Waals surface area (Å²) in [5, 5.41) is 6.44. The van der Waals surface area contributed by atoms with Gasteiger partial charge in [-0.15, -0.1) is 0 Å². The molecule has 1 amide bonds. The molecule has 2 rings (SSSR count). The lowest BCUT2D eigenvalue weighted by atomic mass is 10.1. The average molecular weight is 333 g/mol. The Morgan fingerprint density at radius 2 is 1.92 bits per heavy atom. The van der Waals surface area contributed by atoms with E-state index in [2.05, 4.69) is 25.5 Å². The number of carbonyl (C=O) groups is 1. The Balaban J connectivity index is 1.92. The number of nitrogens with zero attached hydrogens (tertiary/aromatic N) is 3. The minimum absolute atomic E-state index is 0.122. The first-order chi connectivity index (χ1) is 11.5. The van der Waals surface area contributed by atoms with Crippen molar-refractivity contribution in [1.82, 2.24) is 20.2 Å². The van der Waals surface area contributed by atoms with Crippen molar-refractivity contribution in [3.05, 3.63) is 17.6 Å². The van der Waals surface area contributed by atoms with Crippen LogP contribution in [0.1, 0.15) is 61.3 Å². The molecule has 2 N–H and O–H groups in total. The Morgan fingerprint density at radius 1 is 1.21 bits per heavy atom. The molecule has 0 aromatic carbocycles. The quantitative estimate of drug-likeness (QED) is 0.593. The number of aryl methyl sites for hydroxylation is 1. The third-order valence-corrected chi connectivity index (χ3v) is 4.35. The van der Waals surface area contributed by atoms with Crippen LogP contribution in [-0.2, 0) is 0 Å². The van der Waals surface area contributed by atoms with Gasteiger partial charge in [0.2, 0.25) is 0 Å². The lowest BCUT2D eigenvalue weighted by Crippen LogP contribution is -2.28. The van der Waals surface area contributed by atoms with E-state index in [0.29, 0.717) is 24.1 Å². The Bertz CT molecular complexity index is 524. The van der Waals surface area contributed by atoms with Gasteiger partial charge in [0.05, 0.1) is 0 Å². The van der Waals surface area contributed by atoms with Crippen LogP contribution < -0.4 is 10.6 Å². The summed E-state index contributed by atoms with van der Waals surface area (Å²) < 4.78 is 0. The van der Waals surface area contributed by atoms with Gasteiger partial charge in [-0.1, -0.05) is 25.7 Å². The van der Waals surface area contributed by atoms with Crippen LogP contribution in [0, 0.1) is 6.92 Å². The van der Waals surface area contributed by atoms with Crippen molar-refractivity contribution in [3.8, 4) is 0 Å². The van der Waals surface area contributed by atoms with E-state index in [4.69, 9.17) is 0 Å². The summed E-state index contributed by atoms with van der Waals surface area (Å²) >= 11 is 0. The second-order valence-corrected chi connectivity index (χ2v) is 6.93. The Kier molecular flexibility index (Phi) is 7.43. The molecule has 1 heterocycles. The maximum atomic E-state index is 12.3. The second kappa shape index (κ2) is 9.57. The standard InChI is InChI=1S/C18H31N5O/c1-14-20-16(18(24)19-11-8-12-23(2)3)13-17(21-14)22-15-9-6-4-5-7-10-15/h13,15H,4-12H2,1-3H3,(H,19,24)(H,20,21,22). The molecule has 0 bridgehead atoms. The van der Waals surface area contributed by atoms with Crippen molar-refractivity contribution >= 4 is 11.7 Å². The van der Waals surface area contributed by atoms with Crippen molar-refractivity contribution in [2.45, 2.75) is 57.9 Å². The van der Waals surface area contributed by atoms with Crippen LogP contribution in [0.5, 0.6) is 0 Å². The second-order valence-electron chi connectivity index (χ2n) is 6.93. The van der Waals surface area contributed by atoms with Crippen LogP contribution in [0.25, 0.3) is 0 Å². The smallest absolute Gasteiger partial charge is 0.270 e. The fourth-order valence-corrected chi connectivity index (χ4v) is 3.08. The summed E-state index contributed by atoms with van der Waals surface area (Å²) in [6, 6.07) is 2.23. The first-order valence-electron chi connectivity index (χ1n) is 9.10. The van der Waals surface area contributed by atoms with Gasteiger partial charge in [0.1, 0.15) is 17.3 Å². The molecule has 134 valence electrons. The van der Waals surface area contributed by atoms with Gasteiger partial charge in [-0.25, -0.2) is 9.97 Å². The summed E-state index contributed by atoms with van der Waals surface area (Å²) in [7, 11) is 4.06. The van der Waals surface area contributed by atoms with E-state index >= 15 is 0 Å². The summed E-state index contributed by atoms with van der Waals surface area (Å²) in [5.74, 6) is 1.28. The minimum atomic E-state index is -0.122. The van der Waals surface area contributed by atoms with Gasteiger partial charge in [-0.2, -0.15) is 0 Å². The molecule has 0 saturated heterocycles. The van der Waals surface area contributed by atoms with Gasteiger partial charge in [0, 0.05) is 18.7 Å². The topological polar surface area (TPSA) is 70.2 Å². The van der Waals surface area contributed by atoms with Gasteiger partial charge >= 0.3 is 0 Å². The molecule has 0 unspecified atom stereocenters. The van der Waals surface area contributed by atoms with Gasteiger partial charge in [-0.3, -0.25) is 4.79 Å². The van der Waals surface area contributed by atoms with Crippen LogP contribution in [0.15, 0.2) is 6.07 Å². The molecule has 0 atom stereocenters. The zero-order chi connectivity index (χ0) is 17.4. The summed E-state index contributed by atoms with van der Waals surface area (Å²) in [6.07, 6.45) is 8.45. The minimum Gasteiger partial charge on any atom is -0.367 e. The maximum Gasteiger partial charge on any atom is 0.270 e. The molecule has 0 aliphatic heterocycles. The SMILES string of the molecule is Cc1nc(NC2CCCCCC2)cc(C(=O)NCCCN(C)C)n1.